The maximum absolute atomic E-state index is 8.51. The molecule has 110 valence electrons. The smallest absolute Gasteiger partial charge is 0.125 e. The van der Waals surface area contributed by atoms with Crippen molar-refractivity contribution in [3.8, 4) is 11.8 Å². The second-order valence-corrected chi connectivity index (χ2v) is 5.74. The number of unbranched alkanes of at least 4 members (excludes halogenated alkanes) is 2. The Bertz CT molecular complexity index is 443. The lowest BCUT2D eigenvalue weighted by Gasteiger charge is -2.18. The predicted octanol–water partition coefficient (Wildman–Crippen LogP) is 4.58. The molecule has 0 amide bonds. The molecule has 0 saturated carbocycles. The number of hydrogen-bond acceptors (Lipinski definition) is 3. The summed E-state index contributed by atoms with van der Waals surface area (Å²) in [6.45, 7) is 5.97. The average molecular weight is 339 g/mol. The number of nitriles is 1. The molecule has 0 fully saturated rings. The maximum atomic E-state index is 8.51. The zero-order valence-corrected chi connectivity index (χ0v) is 13.9. The molecule has 20 heavy (non-hydrogen) atoms. The SMILES string of the molecule is CCCNC(C)c1ccc(Br)cc1OCCCCC#N. The van der Waals surface area contributed by atoms with Crippen molar-refractivity contribution < 1.29 is 4.74 Å². The fraction of sp³-hybridized carbons (Fsp3) is 0.562. The van der Waals surface area contributed by atoms with Gasteiger partial charge in [-0.2, -0.15) is 5.26 Å². The van der Waals surface area contributed by atoms with Crippen molar-refractivity contribution in [2.45, 2.75) is 45.6 Å². The first kappa shape index (κ1) is 17.0. The van der Waals surface area contributed by atoms with Crippen molar-refractivity contribution in [3.63, 3.8) is 0 Å². The first-order chi connectivity index (χ1) is 9.69. The highest BCUT2D eigenvalue weighted by Gasteiger charge is 2.11. The number of halogens is 1. The van der Waals surface area contributed by atoms with E-state index in [-0.39, 0.29) is 6.04 Å². The van der Waals surface area contributed by atoms with E-state index in [9.17, 15) is 0 Å². The molecule has 0 saturated heterocycles. The highest BCUT2D eigenvalue weighted by molar-refractivity contribution is 9.10. The zero-order chi connectivity index (χ0) is 14.8. The van der Waals surface area contributed by atoms with Crippen LogP contribution in [0.1, 0.15) is 51.1 Å². The zero-order valence-electron chi connectivity index (χ0n) is 12.3. The Morgan fingerprint density at radius 1 is 1.40 bits per heavy atom. The normalized spacial score (nSPS) is 11.9. The van der Waals surface area contributed by atoms with Crippen molar-refractivity contribution in [1.82, 2.24) is 5.32 Å². The van der Waals surface area contributed by atoms with E-state index in [1.807, 2.05) is 12.1 Å². The van der Waals surface area contributed by atoms with Crippen LogP contribution in [0.3, 0.4) is 0 Å². The lowest BCUT2D eigenvalue weighted by atomic mass is 10.1. The molecular weight excluding hydrogens is 316 g/mol. The number of nitrogens with one attached hydrogen (secondary N) is 1. The summed E-state index contributed by atoms with van der Waals surface area (Å²) in [7, 11) is 0. The van der Waals surface area contributed by atoms with Gasteiger partial charge in [-0.1, -0.05) is 28.9 Å². The van der Waals surface area contributed by atoms with Crippen LogP contribution in [0.25, 0.3) is 0 Å². The Balaban J connectivity index is 2.62. The van der Waals surface area contributed by atoms with Crippen LogP contribution in [0, 0.1) is 11.3 Å². The number of rotatable bonds is 9. The first-order valence-electron chi connectivity index (χ1n) is 7.21. The van der Waals surface area contributed by atoms with Gasteiger partial charge in [-0.25, -0.2) is 0 Å². The molecular formula is C16H23BrN2O. The molecule has 0 aliphatic rings. The first-order valence-corrected chi connectivity index (χ1v) is 8.01. The summed E-state index contributed by atoms with van der Waals surface area (Å²) in [5, 5.41) is 12.0. The minimum atomic E-state index is 0.275. The summed E-state index contributed by atoms with van der Waals surface area (Å²) >= 11 is 3.49. The second-order valence-electron chi connectivity index (χ2n) is 4.82. The number of ether oxygens (including phenoxy) is 1. The van der Waals surface area contributed by atoms with Gasteiger partial charge in [-0.3, -0.25) is 0 Å². The molecule has 0 aromatic heterocycles. The summed E-state index contributed by atoms with van der Waals surface area (Å²) in [4.78, 5) is 0. The van der Waals surface area contributed by atoms with Crippen molar-refractivity contribution in [2.24, 2.45) is 0 Å². The molecule has 1 aromatic rings. The topological polar surface area (TPSA) is 45.0 Å². The summed E-state index contributed by atoms with van der Waals surface area (Å²) < 4.78 is 6.91. The second kappa shape index (κ2) is 9.79. The van der Waals surface area contributed by atoms with E-state index in [0.29, 0.717) is 13.0 Å². The van der Waals surface area contributed by atoms with Gasteiger partial charge in [0.1, 0.15) is 5.75 Å². The molecule has 0 heterocycles. The van der Waals surface area contributed by atoms with Gasteiger partial charge >= 0.3 is 0 Å². The van der Waals surface area contributed by atoms with E-state index in [1.165, 1.54) is 5.56 Å². The summed E-state index contributed by atoms with van der Waals surface area (Å²) in [6.07, 6.45) is 3.52. The van der Waals surface area contributed by atoms with E-state index >= 15 is 0 Å². The van der Waals surface area contributed by atoms with Gasteiger partial charge < -0.3 is 10.1 Å². The third kappa shape index (κ3) is 5.94. The molecule has 0 bridgehead atoms. The van der Waals surface area contributed by atoms with E-state index in [4.69, 9.17) is 10.00 Å². The van der Waals surface area contributed by atoms with Crippen LogP contribution < -0.4 is 10.1 Å². The number of nitrogens with zero attached hydrogens (tertiary/aromatic N) is 1. The van der Waals surface area contributed by atoms with Gasteiger partial charge in [0.05, 0.1) is 12.7 Å². The van der Waals surface area contributed by atoms with Crippen LogP contribution in [0.5, 0.6) is 5.75 Å². The van der Waals surface area contributed by atoms with Crippen LogP contribution in [-0.4, -0.2) is 13.2 Å². The molecule has 1 unspecified atom stereocenters. The molecule has 3 nitrogen and oxygen atoms in total. The fourth-order valence-corrected chi connectivity index (χ4v) is 2.29. The molecule has 1 N–H and O–H groups in total. The van der Waals surface area contributed by atoms with Gasteiger partial charge in [0.15, 0.2) is 0 Å². The van der Waals surface area contributed by atoms with Crippen molar-refractivity contribution in [1.29, 1.82) is 5.26 Å². The quantitative estimate of drug-likeness (QED) is 0.670. The van der Waals surface area contributed by atoms with Gasteiger partial charge in [-0.15, -0.1) is 0 Å². The molecule has 1 aromatic carbocycles. The molecule has 0 aliphatic carbocycles. The third-order valence-electron chi connectivity index (χ3n) is 3.08. The van der Waals surface area contributed by atoms with Crippen molar-refractivity contribution in [2.75, 3.05) is 13.2 Å². The minimum Gasteiger partial charge on any atom is -0.493 e. The molecule has 1 atom stereocenters. The third-order valence-corrected chi connectivity index (χ3v) is 3.58. The Kier molecular flexibility index (Phi) is 8.32. The summed E-state index contributed by atoms with van der Waals surface area (Å²) in [5.41, 5.74) is 1.18. The molecule has 0 aliphatic heterocycles. The standard InChI is InChI=1S/C16H23BrN2O/c1-3-10-19-13(2)15-8-7-14(17)12-16(15)20-11-6-4-5-9-18/h7-8,12-13,19H,3-6,10-11H2,1-2H3. The van der Waals surface area contributed by atoms with Crippen LogP contribution in [0.2, 0.25) is 0 Å². The summed E-state index contributed by atoms with van der Waals surface area (Å²) in [6, 6.07) is 8.59. The highest BCUT2D eigenvalue weighted by atomic mass is 79.9. The van der Waals surface area contributed by atoms with E-state index in [2.05, 4.69) is 47.2 Å². The monoisotopic (exact) mass is 338 g/mol. The van der Waals surface area contributed by atoms with E-state index < -0.39 is 0 Å². The summed E-state index contributed by atoms with van der Waals surface area (Å²) in [5.74, 6) is 0.924. The maximum Gasteiger partial charge on any atom is 0.125 e. The van der Waals surface area contributed by atoms with E-state index in [1.54, 1.807) is 0 Å². The molecule has 4 heteroatoms. The largest absolute Gasteiger partial charge is 0.493 e. The van der Waals surface area contributed by atoms with Gasteiger partial charge in [0, 0.05) is 22.5 Å². The van der Waals surface area contributed by atoms with Gasteiger partial charge in [0.2, 0.25) is 0 Å². The Morgan fingerprint density at radius 3 is 2.90 bits per heavy atom. The molecule has 0 radical (unpaired) electrons. The number of hydrogen-bond donors (Lipinski definition) is 1. The Labute approximate surface area is 130 Å². The predicted molar refractivity (Wildman–Crippen MR) is 85.8 cm³/mol. The number of benzene rings is 1. The highest BCUT2D eigenvalue weighted by Crippen LogP contribution is 2.29. The molecule has 0 spiro atoms. The van der Waals surface area contributed by atoms with Crippen molar-refractivity contribution >= 4 is 15.9 Å². The van der Waals surface area contributed by atoms with Crippen LogP contribution in [0.15, 0.2) is 22.7 Å². The van der Waals surface area contributed by atoms with Crippen LogP contribution >= 0.6 is 15.9 Å². The van der Waals surface area contributed by atoms with Crippen LogP contribution in [-0.2, 0) is 0 Å². The van der Waals surface area contributed by atoms with Gasteiger partial charge in [-0.05, 0) is 44.9 Å². The lowest BCUT2D eigenvalue weighted by Crippen LogP contribution is -2.20. The minimum absolute atomic E-state index is 0.275. The van der Waals surface area contributed by atoms with Gasteiger partial charge in [0.25, 0.3) is 0 Å². The Morgan fingerprint density at radius 2 is 2.20 bits per heavy atom. The fourth-order valence-electron chi connectivity index (χ4n) is 1.95. The lowest BCUT2D eigenvalue weighted by molar-refractivity contribution is 0.301. The Hall–Kier alpha value is -1.05. The van der Waals surface area contributed by atoms with Crippen LogP contribution in [0.4, 0.5) is 0 Å². The molecule has 1 rings (SSSR count). The van der Waals surface area contributed by atoms with E-state index in [0.717, 1.165) is 36.0 Å². The van der Waals surface area contributed by atoms with Crippen molar-refractivity contribution in [3.05, 3.63) is 28.2 Å². The average Bonchev–Trinajstić information content (AvgIpc) is 2.44.